The first-order valence-corrected chi connectivity index (χ1v) is 22.6. The molecule has 0 saturated carbocycles. The van der Waals surface area contributed by atoms with E-state index in [2.05, 4.69) is 4.99 Å². The highest BCUT2D eigenvalue weighted by Crippen LogP contribution is 2.21. The average molecular weight is 668 g/mol. The SMILES string of the molecule is CCO[Si](CCCCCCCCCCCCCCCCCCCCCCCCCCCCCCCCCN=C=O)(OCC)OCC. The molecule has 0 fully saturated rings. The van der Waals surface area contributed by atoms with E-state index in [1.165, 1.54) is 193 Å². The van der Waals surface area contributed by atoms with Crippen LogP contribution in [0, 0.1) is 0 Å². The first kappa shape index (κ1) is 45.5. The van der Waals surface area contributed by atoms with Crippen LogP contribution in [0.1, 0.15) is 220 Å². The maximum Gasteiger partial charge on any atom is 0.500 e. The Morgan fingerprint density at radius 3 is 0.804 bits per heavy atom. The largest absolute Gasteiger partial charge is 0.500 e. The number of nitrogens with zero attached hydrogens (tertiary/aromatic N) is 1. The standard InChI is InChI=1S/C40H81NO4Si/c1-4-43-46(44-5-2,45-6-3)39-37-35-33-31-29-27-25-23-21-19-17-15-13-11-9-7-8-10-12-14-16-18-20-22-24-26-28-30-32-34-36-38-41-40-42/h4-39H2,1-3H3. The fourth-order valence-electron chi connectivity index (χ4n) is 6.71. The Labute approximate surface area is 289 Å². The molecule has 0 aliphatic carbocycles. The monoisotopic (exact) mass is 668 g/mol. The number of hydrogen-bond acceptors (Lipinski definition) is 5. The first-order valence-electron chi connectivity index (χ1n) is 20.7. The maximum atomic E-state index is 10.0. The van der Waals surface area contributed by atoms with Crippen LogP contribution in [0.15, 0.2) is 4.99 Å². The summed E-state index contributed by atoms with van der Waals surface area (Å²) < 4.78 is 17.9. The molecule has 0 rings (SSSR count). The van der Waals surface area contributed by atoms with E-state index in [0.29, 0.717) is 26.4 Å². The third-order valence-electron chi connectivity index (χ3n) is 9.41. The fraction of sp³-hybridized carbons (Fsp3) is 0.975. The highest BCUT2D eigenvalue weighted by atomic mass is 28.4. The molecule has 0 heterocycles. The molecule has 274 valence electrons. The number of rotatable bonds is 40. The smallest absolute Gasteiger partial charge is 0.374 e. The van der Waals surface area contributed by atoms with Crippen LogP contribution >= 0.6 is 0 Å². The molecule has 0 amide bonds. The van der Waals surface area contributed by atoms with Gasteiger partial charge in [-0.05, 0) is 33.6 Å². The molecule has 46 heavy (non-hydrogen) atoms. The van der Waals surface area contributed by atoms with Gasteiger partial charge in [0, 0.05) is 25.9 Å². The van der Waals surface area contributed by atoms with Crippen LogP contribution in [0.5, 0.6) is 0 Å². The lowest BCUT2D eigenvalue weighted by Gasteiger charge is -2.28. The average Bonchev–Trinajstić information content (AvgIpc) is 3.05. The van der Waals surface area contributed by atoms with Crippen molar-refractivity contribution in [3.8, 4) is 0 Å². The van der Waals surface area contributed by atoms with Crippen molar-refractivity contribution in [1.82, 2.24) is 0 Å². The second-order valence-corrected chi connectivity index (χ2v) is 16.4. The van der Waals surface area contributed by atoms with Crippen LogP contribution in [-0.4, -0.2) is 41.2 Å². The highest BCUT2D eigenvalue weighted by molar-refractivity contribution is 6.60. The Kier molecular flexibility index (Phi) is 38.5. The van der Waals surface area contributed by atoms with E-state index < -0.39 is 8.80 Å². The minimum Gasteiger partial charge on any atom is -0.374 e. The van der Waals surface area contributed by atoms with Gasteiger partial charge in [-0.15, -0.1) is 0 Å². The van der Waals surface area contributed by atoms with E-state index in [1.807, 2.05) is 20.8 Å². The topological polar surface area (TPSA) is 57.1 Å². The summed E-state index contributed by atoms with van der Waals surface area (Å²) in [6.45, 7) is 8.83. The van der Waals surface area contributed by atoms with Crippen molar-refractivity contribution < 1.29 is 18.1 Å². The molecule has 5 nitrogen and oxygen atoms in total. The summed E-state index contributed by atoms with van der Waals surface area (Å²) in [6, 6.07) is 0.968. The quantitative estimate of drug-likeness (QED) is 0.0282. The van der Waals surface area contributed by atoms with Gasteiger partial charge in [0.15, 0.2) is 0 Å². The molecule has 0 atom stereocenters. The van der Waals surface area contributed by atoms with E-state index >= 15 is 0 Å². The predicted octanol–water partition coefficient (Wildman–Crippen LogP) is 13.5. The van der Waals surface area contributed by atoms with Crippen molar-refractivity contribution in [1.29, 1.82) is 0 Å². The molecule has 0 aliphatic rings. The van der Waals surface area contributed by atoms with Gasteiger partial charge in [0.05, 0.1) is 6.54 Å². The summed E-state index contributed by atoms with van der Waals surface area (Å²) in [5, 5.41) is 0. The third kappa shape index (κ3) is 33.4. The Morgan fingerprint density at radius 1 is 0.370 bits per heavy atom. The van der Waals surface area contributed by atoms with Gasteiger partial charge < -0.3 is 13.3 Å². The summed E-state index contributed by atoms with van der Waals surface area (Å²) in [5.74, 6) is 0. The Morgan fingerprint density at radius 2 is 0.587 bits per heavy atom. The maximum absolute atomic E-state index is 10.0. The molecule has 0 radical (unpaired) electrons. The summed E-state index contributed by atoms with van der Waals surface area (Å²) >= 11 is 0. The Hall–Kier alpha value is -0.523. The van der Waals surface area contributed by atoms with Crippen LogP contribution in [0.2, 0.25) is 6.04 Å². The van der Waals surface area contributed by atoms with Crippen molar-refractivity contribution in [3.05, 3.63) is 0 Å². The van der Waals surface area contributed by atoms with E-state index in [9.17, 15) is 4.79 Å². The minimum absolute atomic E-state index is 0.665. The van der Waals surface area contributed by atoms with E-state index in [-0.39, 0.29) is 0 Å². The zero-order chi connectivity index (χ0) is 33.5. The normalized spacial score (nSPS) is 11.7. The zero-order valence-electron chi connectivity index (χ0n) is 31.5. The summed E-state index contributed by atoms with van der Waals surface area (Å²) in [6.07, 6.45) is 44.8. The lowest BCUT2D eigenvalue weighted by Crippen LogP contribution is -2.45. The molecule has 0 aromatic heterocycles. The predicted molar refractivity (Wildman–Crippen MR) is 202 cm³/mol. The Balaban J connectivity index is 3.23. The van der Waals surface area contributed by atoms with Crippen LogP contribution in [-0.2, 0) is 18.1 Å². The summed E-state index contributed by atoms with van der Waals surface area (Å²) in [5.41, 5.74) is 0. The van der Waals surface area contributed by atoms with Gasteiger partial charge in [-0.2, -0.15) is 0 Å². The zero-order valence-corrected chi connectivity index (χ0v) is 32.5. The van der Waals surface area contributed by atoms with Gasteiger partial charge in [-0.25, -0.2) is 9.79 Å². The van der Waals surface area contributed by atoms with Crippen molar-refractivity contribution >= 4 is 14.9 Å². The van der Waals surface area contributed by atoms with Crippen LogP contribution < -0.4 is 0 Å². The summed E-state index contributed by atoms with van der Waals surface area (Å²) in [7, 11) is -2.43. The molecular weight excluding hydrogens is 587 g/mol. The van der Waals surface area contributed by atoms with Gasteiger partial charge in [0.1, 0.15) is 0 Å². The molecule has 6 heteroatoms. The van der Waals surface area contributed by atoms with Crippen molar-refractivity contribution in [3.63, 3.8) is 0 Å². The minimum atomic E-state index is -2.43. The molecule has 0 spiro atoms. The first-order chi connectivity index (χ1) is 22.7. The van der Waals surface area contributed by atoms with Gasteiger partial charge in [0.25, 0.3) is 0 Å². The van der Waals surface area contributed by atoms with Gasteiger partial charge >= 0.3 is 8.80 Å². The third-order valence-corrected chi connectivity index (χ3v) is 12.6. The van der Waals surface area contributed by atoms with Crippen molar-refractivity contribution in [2.24, 2.45) is 4.99 Å². The van der Waals surface area contributed by atoms with Gasteiger partial charge in [-0.3, -0.25) is 0 Å². The number of unbranched alkanes of at least 4 members (excludes halogenated alkanes) is 30. The second-order valence-electron chi connectivity index (χ2n) is 13.7. The number of aliphatic imine (C=N–C) groups is 1. The van der Waals surface area contributed by atoms with Crippen molar-refractivity contribution in [2.45, 2.75) is 226 Å². The van der Waals surface area contributed by atoms with Gasteiger partial charge in [0.2, 0.25) is 6.08 Å². The molecule has 0 aromatic rings. The van der Waals surface area contributed by atoms with Gasteiger partial charge in [-0.1, -0.05) is 186 Å². The molecule has 0 aliphatic heterocycles. The molecule has 0 saturated heterocycles. The van der Waals surface area contributed by atoms with E-state index in [4.69, 9.17) is 13.3 Å². The molecule has 0 bridgehead atoms. The van der Waals surface area contributed by atoms with Crippen LogP contribution in [0.4, 0.5) is 0 Å². The number of carbonyl (C=O) groups excluding carboxylic acids is 1. The van der Waals surface area contributed by atoms with Crippen LogP contribution in [0.3, 0.4) is 0 Å². The lowest BCUT2D eigenvalue weighted by molar-refractivity contribution is 0.0706. The lowest BCUT2D eigenvalue weighted by atomic mass is 10.0. The molecule has 0 aromatic carbocycles. The molecule has 0 unspecified atom stereocenters. The Bertz CT molecular complexity index is 611. The molecule has 0 N–H and O–H groups in total. The van der Waals surface area contributed by atoms with Crippen molar-refractivity contribution in [2.75, 3.05) is 26.4 Å². The van der Waals surface area contributed by atoms with E-state index in [1.54, 1.807) is 6.08 Å². The number of isocyanates is 1. The fourth-order valence-corrected chi connectivity index (χ4v) is 9.39. The molecular formula is C40H81NO4Si. The highest BCUT2D eigenvalue weighted by Gasteiger charge is 2.39. The summed E-state index contributed by atoms with van der Waals surface area (Å²) in [4.78, 5) is 13.6. The number of hydrogen-bond donors (Lipinski definition) is 0. The van der Waals surface area contributed by atoms with Crippen LogP contribution in [0.25, 0.3) is 0 Å². The second kappa shape index (κ2) is 38.9. The van der Waals surface area contributed by atoms with E-state index in [0.717, 1.165) is 12.5 Å².